The molecule has 156 valence electrons. The summed E-state index contributed by atoms with van der Waals surface area (Å²) in [4.78, 5) is 50.5. The summed E-state index contributed by atoms with van der Waals surface area (Å²) in [7, 11) is 0. The predicted octanol–water partition coefficient (Wildman–Crippen LogP) is 1.87. The maximum Gasteiger partial charge on any atom is 0.321 e. The molecular weight excluding hydrogens is 362 g/mol. The molecule has 8 heteroatoms. The van der Waals surface area contributed by atoms with E-state index in [1.54, 1.807) is 4.90 Å². The Morgan fingerprint density at radius 3 is 2.36 bits per heavy atom. The van der Waals surface area contributed by atoms with Gasteiger partial charge in [-0.1, -0.05) is 32.1 Å². The van der Waals surface area contributed by atoms with E-state index < -0.39 is 29.9 Å². The molecule has 28 heavy (non-hydrogen) atoms. The molecule has 1 heterocycles. The van der Waals surface area contributed by atoms with E-state index in [-0.39, 0.29) is 24.4 Å². The molecule has 3 aliphatic rings. The van der Waals surface area contributed by atoms with Crippen LogP contribution in [0, 0.1) is 5.92 Å². The summed E-state index contributed by atoms with van der Waals surface area (Å²) in [5.41, 5.74) is 0. The minimum absolute atomic E-state index is 0.0159. The van der Waals surface area contributed by atoms with E-state index in [0.717, 1.165) is 51.4 Å². The van der Waals surface area contributed by atoms with Crippen molar-refractivity contribution in [3.05, 3.63) is 0 Å². The van der Waals surface area contributed by atoms with Crippen molar-refractivity contribution < 1.29 is 23.9 Å². The van der Waals surface area contributed by atoms with Gasteiger partial charge in [0.25, 0.3) is 5.91 Å². The highest BCUT2D eigenvalue weighted by Gasteiger charge is 2.40. The van der Waals surface area contributed by atoms with Gasteiger partial charge in [0.2, 0.25) is 5.91 Å². The number of carbonyl (C=O) groups excluding carboxylic acids is 4. The molecule has 2 N–H and O–H groups in total. The number of amides is 4. The lowest BCUT2D eigenvalue weighted by Crippen LogP contribution is -2.48. The molecule has 4 amide bonds. The number of hydrogen-bond donors (Lipinski definition) is 2. The molecule has 0 aromatic rings. The SMILES string of the molecule is C[C@H](OC(=O)[C@H]1CC(=O)N(C2CCCC2)C1)C(=O)NC(=O)NC1CCCCC1. The highest BCUT2D eigenvalue weighted by Crippen LogP contribution is 2.30. The van der Waals surface area contributed by atoms with Gasteiger partial charge in [-0.2, -0.15) is 0 Å². The summed E-state index contributed by atoms with van der Waals surface area (Å²) in [5.74, 6) is -1.76. The zero-order valence-corrected chi connectivity index (χ0v) is 16.6. The molecule has 8 nitrogen and oxygen atoms in total. The first-order valence-electron chi connectivity index (χ1n) is 10.6. The molecule has 2 aliphatic carbocycles. The summed E-state index contributed by atoms with van der Waals surface area (Å²) in [6.07, 6.45) is 8.41. The number of hydrogen-bond acceptors (Lipinski definition) is 5. The van der Waals surface area contributed by atoms with Gasteiger partial charge in [0.1, 0.15) is 0 Å². The Kier molecular flexibility index (Phi) is 6.91. The van der Waals surface area contributed by atoms with Crippen molar-refractivity contribution in [3.8, 4) is 0 Å². The van der Waals surface area contributed by atoms with E-state index in [2.05, 4.69) is 10.6 Å². The van der Waals surface area contributed by atoms with Crippen LogP contribution in [0.5, 0.6) is 0 Å². The predicted molar refractivity (Wildman–Crippen MR) is 101 cm³/mol. The minimum Gasteiger partial charge on any atom is -0.452 e. The fourth-order valence-corrected chi connectivity index (χ4v) is 4.46. The number of nitrogens with one attached hydrogen (secondary N) is 2. The van der Waals surface area contributed by atoms with Gasteiger partial charge in [0.15, 0.2) is 6.10 Å². The monoisotopic (exact) mass is 393 g/mol. The topological polar surface area (TPSA) is 105 Å². The van der Waals surface area contributed by atoms with E-state index in [4.69, 9.17) is 4.74 Å². The zero-order valence-electron chi connectivity index (χ0n) is 16.6. The maximum atomic E-state index is 12.4. The molecular formula is C20H31N3O5. The lowest BCUT2D eigenvalue weighted by molar-refractivity contribution is -0.158. The smallest absolute Gasteiger partial charge is 0.321 e. The van der Waals surface area contributed by atoms with Crippen LogP contribution in [0.15, 0.2) is 0 Å². The Morgan fingerprint density at radius 2 is 1.68 bits per heavy atom. The number of nitrogens with zero attached hydrogens (tertiary/aromatic N) is 1. The zero-order chi connectivity index (χ0) is 20.1. The molecule has 0 aromatic heterocycles. The van der Waals surface area contributed by atoms with Crippen LogP contribution in [0.4, 0.5) is 4.79 Å². The van der Waals surface area contributed by atoms with E-state index in [1.165, 1.54) is 13.3 Å². The van der Waals surface area contributed by atoms with Gasteiger partial charge in [-0.25, -0.2) is 4.79 Å². The first-order chi connectivity index (χ1) is 13.4. The third kappa shape index (κ3) is 5.23. The summed E-state index contributed by atoms with van der Waals surface area (Å²) in [6, 6.07) is -0.233. The first-order valence-corrected chi connectivity index (χ1v) is 10.6. The highest BCUT2D eigenvalue weighted by atomic mass is 16.5. The van der Waals surface area contributed by atoms with E-state index in [9.17, 15) is 19.2 Å². The Balaban J connectivity index is 1.42. The Hall–Kier alpha value is -2.12. The van der Waals surface area contributed by atoms with E-state index >= 15 is 0 Å². The van der Waals surface area contributed by atoms with Gasteiger partial charge in [-0.05, 0) is 32.6 Å². The molecule has 3 fully saturated rings. The summed E-state index contributed by atoms with van der Waals surface area (Å²) in [6.45, 7) is 1.80. The second kappa shape index (κ2) is 9.39. The molecule has 3 rings (SSSR count). The van der Waals surface area contributed by atoms with Crippen LogP contribution in [0.1, 0.15) is 71.1 Å². The Labute approximate surface area is 165 Å². The molecule has 0 aromatic carbocycles. The van der Waals surface area contributed by atoms with Crippen molar-refractivity contribution in [2.75, 3.05) is 6.54 Å². The van der Waals surface area contributed by atoms with Gasteiger partial charge >= 0.3 is 12.0 Å². The van der Waals surface area contributed by atoms with Crippen molar-refractivity contribution >= 4 is 23.8 Å². The van der Waals surface area contributed by atoms with Gasteiger partial charge in [0, 0.05) is 25.0 Å². The molecule has 0 bridgehead atoms. The van der Waals surface area contributed by atoms with Gasteiger partial charge in [0.05, 0.1) is 5.92 Å². The van der Waals surface area contributed by atoms with Crippen LogP contribution in [-0.2, 0) is 19.1 Å². The van der Waals surface area contributed by atoms with Crippen molar-refractivity contribution in [2.45, 2.75) is 89.3 Å². The summed E-state index contributed by atoms with van der Waals surface area (Å²) >= 11 is 0. The van der Waals surface area contributed by atoms with E-state index in [0.29, 0.717) is 6.54 Å². The third-order valence-electron chi connectivity index (χ3n) is 6.10. The van der Waals surface area contributed by atoms with E-state index in [1.807, 2.05) is 0 Å². The average molecular weight is 393 g/mol. The molecule has 2 saturated carbocycles. The van der Waals surface area contributed by atoms with Crippen molar-refractivity contribution in [1.82, 2.24) is 15.5 Å². The number of urea groups is 1. The normalized spacial score (nSPS) is 24.8. The van der Waals surface area contributed by atoms with Gasteiger partial charge in [-0.3, -0.25) is 19.7 Å². The molecule has 2 atom stereocenters. The number of likely N-dealkylation sites (tertiary alicyclic amines) is 1. The van der Waals surface area contributed by atoms with Crippen LogP contribution in [-0.4, -0.2) is 53.4 Å². The second-order valence-electron chi connectivity index (χ2n) is 8.26. The third-order valence-corrected chi connectivity index (χ3v) is 6.10. The molecule has 0 unspecified atom stereocenters. The lowest BCUT2D eigenvalue weighted by atomic mass is 9.96. The largest absolute Gasteiger partial charge is 0.452 e. The number of ether oxygens (including phenoxy) is 1. The number of carbonyl (C=O) groups is 4. The van der Waals surface area contributed by atoms with Crippen LogP contribution >= 0.6 is 0 Å². The van der Waals surface area contributed by atoms with Gasteiger partial charge < -0.3 is 15.0 Å². The standard InChI is InChI=1S/C20H31N3O5/c1-13(18(25)22-20(27)21-15-7-3-2-4-8-15)28-19(26)14-11-17(24)23(12-14)16-9-5-6-10-16/h13-16H,2-12H2,1H3,(H2,21,22,25,27)/t13-,14-/m0/s1. The molecule has 1 saturated heterocycles. The number of esters is 1. The van der Waals surface area contributed by atoms with Crippen molar-refractivity contribution in [1.29, 1.82) is 0 Å². The fraction of sp³-hybridized carbons (Fsp3) is 0.800. The summed E-state index contributed by atoms with van der Waals surface area (Å²) in [5, 5.41) is 5.03. The van der Waals surface area contributed by atoms with Crippen molar-refractivity contribution in [3.63, 3.8) is 0 Å². The first kappa shape index (κ1) is 20.6. The number of imide groups is 1. The highest BCUT2D eigenvalue weighted by molar-refractivity contribution is 5.97. The minimum atomic E-state index is -1.08. The maximum absolute atomic E-state index is 12.4. The van der Waals surface area contributed by atoms with Crippen LogP contribution in [0.25, 0.3) is 0 Å². The molecule has 0 radical (unpaired) electrons. The van der Waals surface area contributed by atoms with Gasteiger partial charge in [-0.15, -0.1) is 0 Å². The number of rotatable bonds is 5. The van der Waals surface area contributed by atoms with Crippen LogP contribution in [0.2, 0.25) is 0 Å². The molecule has 1 aliphatic heterocycles. The van der Waals surface area contributed by atoms with Crippen molar-refractivity contribution in [2.24, 2.45) is 5.92 Å². The summed E-state index contributed by atoms with van der Waals surface area (Å²) < 4.78 is 5.24. The molecule has 0 spiro atoms. The average Bonchev–Trinajstić information content (AvgIpc) is 3.31. The lowest BCUT2D eigenvalue weighted by Gasteiger charge is -2.24. The Morgan fingerprint density at radius 1 is 1.04 bits per heavy atom. The second-order valence-corrected chi connectivity index (χ2v) is 8.26. The Bertz CT molecular complexity index is 611. The van der Waals surface area contributed by atoms with Crippen LogP contribution in [0.3, 0.4) is 0 Å². The quantitative estimate of drug-likeness (QED) is 0.694. The van der Waals surface area contributed by atoms with Crippen LogP contribution < -0.4 is 10.6 Å². The fourth-order valence-electron chi connectivity index (χ4n) is 4.46.